The molecule has 0 N–H and O–H groups in total. The van der Waals surface area contributed by atoms with Gasteiger partial charge in [0, 0.05) is 32.7 Å². The summed E-state index contributed by atoms with van der Waals surface area (Å²) in [6.07, 6.45) is -10.3. The van der Waals surface area contributed by atoms with Gasteiger partial charge in [0.05, 0.1) is 79.5 Å². The van der Waals surface area contributed by atoms with Gasteiger partial charge in [0.25, 0.3) is 0 Å². The van der Waals surface area contributed by atoms with Crippen LogP contribution in [0.4, 0.5) is 26.3 Å². The van der Waals surface area contributed by atoms with Crippen LogP contribution in [0.1, 0.15) is 27.8 Å². The first kappa shape index (κ1) is 43.2. The lowest BCUT2D eigenvalue weighted by Crippen LogP contribution is -2.11. The summed E-state index contributed by atoms with van der Waals surface area (Å²) in [4.78, 5) is 0. The maximum Gasteiger partial charge on any atom is 0.416 e. The second-order valence-corrected chi connectivity index (χ2v) is 16.9. The van der Waals surface area contributed by atoms with Gasteiger partial charge in [0.1, 0.15) is 0 Å². The highest BCUT2D eigenvalue weighted by atomic mass is 19.4. The third-order valence-electron chi connectivity index (χ3n) is 12.9. The van der Waals surface area contributed by atoms with E-state index in [0.717, 1.165) is 67.0 Å². The van der Waals surface area contributed by atoms with Crippen LogP contribution < -0.4 is 0 Å². The van der Waals surface area contributed by atoms with Gasteiger partial charge >= 0.3 is 12.4 Å². The van der Waals surface area contributed by atoms with E-state index in [9.17, 15) is 42.1 Å². The Kier molecular flexibility index (Phi) is 10.2. The largest absolute Gasteiger partial charge is 0.416 e. The Morgan fingerprint density at radius 2 is 0.771 bits per heavy atom. The number of nitrogens with zero attached hydrogens (tertiary/aromatic N) is 5. The van der Waals surface area contributed by atoms with Crippen molar-refractivity contribution in [3.8, 4) is 74.1 Å². The van der Waals surface area contributed by atoms with Crippen LogP contribution >= 0.6 is 0 Å². The number of hydrogen-bond donors (Lipinski definition) is 0. The minimum Gasteiger partial charge on any atom is -0.309 e. The first-order chi connectivity index (χ1) is 33.8. The molecule has 0 atom stereocenters. The Morgan fingerprint density at radius 1 is 0.343 bits per heavy atom. The van der Waals surface area contributed by atoms with Gasteiger partial charge in [0.2, 0.25) is 0 Å². The molecular weight excluding hydrogens is 893 g/mol. The molecule has 11 heteroatoms. The average molecular weight is 924 g/mol. The van der Waals surface area contributed by atoms with Crippen molar-refractivity contribution in [2.24, 2.45) is 0 Å². The number of para-hydroxylation sites is 2. The molecule has 2 aromatic heterocycles. The summed E-state index contributed by atoms with van der Waals surface area (Å²) in [5, 5.41) is 33.3. The third-order valence-corrected chi connectivity index (χ3v) is 12.9. The Balaban J connectivity index is 1.26. The molecule has 334 valence electrons. The van der Waals surface area contributed by atoms with E-state index in [1.54, 1.807) is 54.6 Å². The zero-order valence-electron chi connectivity index (χ0n) is 36.4. The zero-order valence-corrected chi connectivity index (χ0v) is 36.4. The fraction of sp³-hybridized carbons (Fsp3) is 0.0339. The molecule has 70 heavy (non-hydrogen) atoms. The maximum absolute atomic E-state index is 14.7. The fourth-order valence-corrected chi connectivity index (χ4v) is 9.72. The Morgan fingerprint density at radius 3 is 1.23 bits per heavy atom. The Bertz CT molecular complexity index is 4030. The standard InChI is InChI=1S/C59H31F6N5/c60-58(61,62)43-27-42(28-44(31-43)59(63,64)65)45-10-6-14-55(70-51-12-4-2-9-47(51)49-30-40(24-26-53(49)70)38-21-17-36(33-67)18-22-38)57(45)56-41(34-68)7-5-13-54(56)69-50-11-3-1-8-46(50)48-29-39(23-25-52(48)69)37-19-15-35(32-66)16-20-37/h1-31H. The van der Waals surface area contributed by atoms with Gasteiger partial charge in [-0.05, 0) is 130 Å². The number of nitriles is 3. The lowest BCUT2D eigenvalue weighted by Gasteiger charge is -2.23. The van der Waals surface area contributed by atoms with Crippen molar-refractivity contribution >= 4 is 43.6 Å². The van der Waals surface area contributed by atoms with E-state index in [-0.39, 0.29) is 33.9 Å². The second-order valence-electron chi connectivity index (χ2n) is 16.9. The fourth-order valence-electron chi connectivity index (χ4n) is 9.72. The van der Waals surface area contributed by atoms with Gasteiger partial charge in [-0.2, -0.15) is 42.1 Å². The molecule has 0 amide bonds. The van der Waals surface area contributed by atoms with Crippen molar-refractivity contribution < 1.29 is 26.3 Å². The number of fused-ring (bicyclic) bond motifs is 6. The molecule has 0 unspecified atom stereocenters. The normalized spacial score (nSPS) is 11.8. The van der Waals surface area contributed by atoms with Gasteiger partial charge in [-0.3, -0.25) is 0 Å². The second kappa shape index (κ2) is 16.4. The molecule has 0 spiro atoms. The van der Waals surface area contributed by atoms with Crippen LogP contribution in [-0.4, -0.2) is 9.13 Å². The SMILES string of the molecule is N#Cc1ccc(-c2ccc3c(c2)c2ccccc2n3-c2cccc(C#N)c2-c2c(-c3cc(C(F)(F)F)cc(C(F)(F)F)c3)cccc2-n2c3ccccc3c3cc(-c4ccc(C#N)cc4)ccc32)cc1. The van der Waals surface area contributed by atoms with Crippen LogP contribution in [0.25, 0.3) is 99.5 Å². The van der Waals surface area contributed by atoms with Crippen molar-refractivity contribution in [2.45, 2.75) is 12.4 Å². The number of alkyl halides is 6. The topological polar surface area (TPSA) is 81.2 Å². The molecule has 11 rings (SSSR count). The van der Waals surface area contributed by atoms with Gasteiger partial charge in [-0.25, -0.2) is 0 Å². The average Bonchev–Trinajstić information content (AvgIpc) is 3.89. The summed E-state index contributed by atoms with van der Waals surface area (Å²) >= 11 is 0. The molecule has 5 nitrogen and oxygen atoms in total. The number of benzene rings is 9. The highest BCUT2D eigenvalue weighted by Crippen LogP contribution is 2.48. The van der Waals surface area contributed by atoms with E-state index in [4.69, 9.17) is 0 Å². The quantitative estimate of drug-likeness (QED) is 0.156. The molecular formula is C59H31F6N5. The highest BCUT2D eigenvalue weighted by molar-refractivity contribution is 6.13. The number of hydrogen-bond acceptors (Lipinski definition) is 3. The maximum atomic E-state index is 14.7. The number of halogens is 6. The van der Waals surface area contributed by atoms with E-state index in [0.29, 0.717) is 33.5 Å². The van der Waals surface area contributed by atoms with E-state index < -0.39 is 23.5 Å². The zero-order chi connectivity index (χ0) is 48.5. The smallest absolute Gasteiger partial charge is 0.309 e. The lowest BCUT2D eigenvalue weighted by atomic mass is 9.87. The predicted molar refractivity (Wildman–Crippen MR) is 261 cm³/mol. The van der Waals surface area contributed by atoms with Crippen LogP contribution in [0.5, 0.6) is 0 Å². The molecule has 9 aromatic carbocycles. The molecule has 0 saturated carbocycles. The highest BCUT2D eigenvalue weighted by Gasteiger charge is 2.38. The van der Waals surface area contributed by atoms with Crippen molar-refractivity contribution in [3.63, 3.8) is 0 Å². The minimum absolute atomic E-state index is 0.0297. The van der Waals surface area contributed by atoms with Crippen molar-refractivity contribution in [2.75, 3.05) is 0 Å². The van der Waals surface area contributed by atoms with E-state index >= 15 is 0 Å². The summed E-state index contributed by atoms with van der Waals surface area (Å²) < 4.78 is 92.2. The summed E-state index contributed by atoms with van der Waals surface area (Å²) in [6, 6.07) is 59.6. The lowest BCUT2D eigenvalue weighted by molar-refractivity contribution is -0.143. The minimum atomic E-state index is -5.14. The summed E-state index contributed by atoms with van der Waals surface area (Å²) in [5.41, 5.74) is 5.49. The number of rotatable bonds is 6. The van der Waals surface area contributed by atoms with E-state index in [1.165, 1.54) is 6.07 Å². The van der Waals surface area contributed by atoms with Gasteiger partial charge < -0.3 is 9.13 Å². The Labute approximate surface area is 395 Å². The molecule has 0 fully saturated rings. The monoisotopic (exact) mass is 923 g/mol. The van der Waals surface area contributed by atoms with E-state index in [1.807, 2.05) is 118 Å². The van der Waals surface area contributed by atoms with Crippen molar-refractivity contribution in [1.82, 2.24) is 9.13 Å². The molecule has 0 aliphatic rings. The van der Waals surface area contributed by atoms with Gasteiger partial charge in [-0.15, -0.1) is 0 Å². The number of aromatic nitrogens is 2. The summed E-state index contributed by atoms with van der Waals surface area (Å²) in [6.45, 7) is 0. The van der Waals surface area contributed by atoms with Crippen LogP contribution in [0.15, 0.2) is 188 Å². The Hall–Kier alpha value is -9.37. The van der Waals surface area contributed by atoms with Gasteiger partial charge in [0.15, 0.2) is 0 Å². The molecule has 0 aliphatic heterocycles. The molecule has 0 radical (unpaired) electrons. The van der Waals surface area contributed by atoms with Crippen LogP contribution in [0.2, 0.25) is 0 Å². The summed E-state index contributed by atoms with van der Waals surface area (Å²) in [5.74, 6) is 0. The van der Waals surface area contributed by atoms with Gasteiger partial charge in [-0.1, -0.05) is 91.0 Å². The first-order valence-corrected chi connectivity index (χ1v) is 21.9. The van der Waals surface area contributed by atoms with Crippen molar-refractivity contribution in [3.05, 3.63) is 216 Å². The first-order valence-electron chi connectivity index (χ1n) is 21.9. The van der Waals surface area contributed by atoms with E-state index in [2.05, 4.69) is 18.2 Å². The van der Waals surface area contributed by atoms with Crippen LogP contribution in [0.3, 0.4) is 0 Å². The molecule has 0 bridgehead atoms. The predicted octanol–water partition coefficient (Wildman–Crippen LogP) is 16.2. The van der Waals surface area contributed by atoms with Crippen LogP contribution in [-0.2, 0) is 12.4 Å². The van der Waals surface area contributed by atoms with Crippen molar-refractivity contribution in [1.29, 1.82) is 15.8 Å². The molecule has 0 aliphatic carbocycles. The molecule has 0 saturated heterocycles. The summed E-state index contributed by atoms with van der Waals surface area (Å²) in [7, 11) is 0. The third kappa shape index (κ3) is 7.18. The molecule has 2 heterocycles. The van der Waals surface area contributed by atoms with Crippen LogP contribution in [0, 0.1) is 34.0 Å². The molecule has 11 aromatic rings.